The Hall–Kier alpha value is -2.20. The van der Waals surface area contributed by atoms with E-state index < -0.39 is 16.6 Å². The van der Waals surface area contributed by atoms with Gasteiger partial charge in [0.15, 0.2) is 0 Å². The first-order chi connectivity index (χ1) is 14.4. The molecule has 5 atom stereocenters. The molecule has 0 aromatic heterocycles. The van der Waals surface area contributed by atoms with E-state index in [0.717, 1.165) is 21.2 Å². The number of rotatable bonds is 2. The molecule has 0 bridgehead atoms. The van der Waals surface area contributed by atoms with Gasteiger partial charge >= 0.3 is 0 Å². The van der Waals surface area contributed by atoms with E-state index in [0.29, 0.717) is 6.42 Å². The standard InChI is InChI=1S/C27H25BrO2/c1-25-17-16-21(28)18-24(25)26(29,19-10-4-2-5-11-19)22-14-8-9-15-23(22)27(25,30)20-12-6-3-7-13-20/h2-16,18,22-23,29-30H,17H2,1H3. The quantitative estimate of drug-likeness (QED) is 0.598. The zero-order chi connectivity index (χ0) is 21.0. The molecule has 0 heterocycles. The summed E-state index contributed by atoms with van der Waals surface area (Å²) in [5.41, 5.74) is -0.492. The van der Waals surface area contributed by atoms with Crippen molar-refractivity contribution in [1.82, 2.24) is 0 Å². The molecule has 0 saturated heterocycles. The van der Waals surface area contributed by atoms with Crippen LogP contribution in [-0.4, -0.2) is 10.2 Å². The van der Waals surface area contributed by atoms with Crippen LogP contribution in [0.5, 0.6) is 0 Å². The van der Waals surface area contributed by atoms with Crippen LogP contribution in [0.2, 0.25) is 0 Å². The van der Waals surface area contributed by atoms with Gasteiger partial charge in [-0.1, -0.05) is 114 Å². The molecule has 0 aliphatic heterocycles. The van der Waals surface area contributed by atoms with Crippen molar-refractivity contribution in [1.29, 1.82) is 0 Å². The zero-order valence-electron chi connectivity index (χ0n) is 16.9. The van der Waals surface area contributed by atoms with Crippen LogP contribution >= 0.6 is 15.9 Å². The van der Waals surface area contributed by atoms with E-state index in [1.165, 1.54) is 0 Å². The van der Waals surface area contributed by atoms with E-state index in [1.807, 2.05) is 78.9 Å². The van der Waals surface area contributed by atoms with E-state index in [4.69, 9.17) is 0 Å². The molecule has 0 radical (unpaired) electrons. The number of hydrogen-bond acceptors (Lipinski definition) is 2. The van der Waals surface area contributed by atoms with E-state index in [-0.39, 0.29) is 11.8 Å². The van der Waals surface area contributed by atoms with Crippen molar-refractivity contribution in [3.63, 3.8) is 0 Å². The molecular formula is C27H25BrO2. The van der Waals surface area contributed by atoms with Crippen LogP contribution in [0.1, 0.15) is 24.5 Å². The molecule has 3 aliphatic carbocycles. The molecule has 2 nitrogen and oxygen atoms in total. The van der Waals surface area contributed by atoms with Crippen LogP contribution in [0.3, 0.4) is 0 Å². The summed E-state index contributed by atoms with van der Waals surface area (Å²) in [6.45, 7) is 2.10. The fraction of sp³-hybridized carbons (Fsp3) is 0.259. The van der Waals surface area contributed by atoms with Gasteiger partial charge in [-0.2, -0.15) is 0 Å². The molecule has 5 rings (SSSR count). The summed E-state index contributed by atoms with van der Waals surface area (Å²) in [4.78, 5) is 0. The lowest BCUT2D eigenvalue weighted by atomic mass is 9.44. The van der Waals surface area contributed by atoms with Gasteiger partial charge in [-0.25, -0.2) is 0 Å². The lowest BCUT2D eigenvalue weighted by Gasteiger charge is -2.63. The monoisotopic (exact) mass is 460 g/mol. The van der Waals surface area contributed by atoms with E-state index in [9.17, 15) is 10.2 Å². The Morgan fingerprint density at radius 1 is 0.833 bits per heavy atom. The minimum Gasteiger partial charge on any atom is -0.384 e. The SMILES string of the molecule is CC12CC=C(Br)C=C1C(O)(c1ccccc1)C1C=CC=CC1C2(O)c1ccccc1. The van der Waals surface area contributed by atoms with Crippen LogP contribution < -0.4 is 0 Å². The maximum Gasteiger partial charge on any atom is 0.119 e. The number of allylic oxidation sites excluding steroid dienone is 5. The van der Waals surface area contributed by atoms with Crippen LogP contribution in [0, 0.1) is 17.3 Å². The number of hydrogen-bond donors (Lipinski definition) is 2. The lowest BCUT2D eigenvalue weighted by Crippen LogP contribution is -2.64. The second-order valence-electron chi connectivity index (χ2n) is 8.77. The average Bonchev–Trinajstić information content (AvgIpc) is 2.80. The summed E-state index contributed by atoms with van der Waals surface area (Å²) in [5.74, 6) is -0.574. The Balaban J connectivity index is 1.84. The van der Waals surface area contributed by atoms with E-state index >= 15 is 0 Å². The van der Waals surface area contributed by atoms with Crippen molar-refractivity contribution in [2.75, 3.05) is 0 Å². The summed E-state index contributed by atoms with van der Waals surface area (Å²) in [6.07, 6.45) is 12.9. The van der Waals surface area contributed by atoms with Crippen LogP contribution in [0.15, 0.2) is 107 Å². The second-order valence-corrected chi connectivity index (χ2v) is 9.69. The maximum absolute atomic E-state index is 12.6. The number of aliphatic hydroxyl groups is 2. The molecule has 30 heavy (non-hydrogen) atoms. The highest BCUT2D eigenvalue weighted by molar-refractivity contribution is 9.11. The van der Waals surface area contributed by atoms with Gasteiger partial charge in [-0.15, -0.1) is 0 Å². The molecule has 5 unspecified atom stereocenters. The van der Waals surface area contributed by atoms with E-state index in [1.54, 1.807) is 0 Å². The van der Waals surface area contributed by atoms with Gasteiger partial charge in [-0.05, 0) is 29.2 Å². The van der Waals surface area contributed by atoms with Gasteiger partial charge < -0.3 is 10.2 Å². The molecule has 152 valence electrons. The minimum atomic E-state index is -1.23. The average molecular weight is 461 g/mol. The number of halogens is 1. The predicted molar refractivity (Wildman–Crippen MR) is 124 cm³/mol. The van der Waals surface area contributed by atoms with Crippen LogP contribution in [0.4, 0.5) is 0 Å². The molecule has 3 aliphatic rings. The van der Waals surface area contributed by atoms with Crippen molar-refractivity contribution in [3.8, 4) is 0 Å². The third kappa shape index (κ3) is 2.49. The van der Waals surface area contributed by atoms with Crippen molar-refractivity contribution in [3.05, 3.63) is 118 Å². The highest BCUT2D eigenvalue weighted by atomic mass is 79.9. The third-order valence-corrected chi connectivity index (χ3v) is 7.91. The number of fused-ring (bicyclic) bond motifs is 2. The fourth-order valence-corrected chi connectivity index (χ4v) is 6.25. The highest BCUT2D eigenvalue weighted by Gasteiger charge is 2.67. The largest absolute Gasteiger partial charge is 0.384 e. The van der Waals surface area contributed by atoms with Gasteiger partial charge in [0, 0.05) is 21.7 Å². The first kappa shape index (κ1) is 19.7. The van der Waals surface area contributed by atoms with Gasteiger partial charge in [0.1, 0.15) is 11.2 Å². The van der Waals surface area contributed by atoms with Gasteiger partial charge in [0.2, 0.25) is 0 Å². The molecule has 3 heteroatoms. The molecule has 0 spiro atoms. The van der Waals surface area contributed by atoms with Gasteiger partial charge in [0.05, 0.1) is 0 Å². The smallest absolute Gasteiger partial charge is 0.119 e. The maximum atomic E-state index is 12.6. The molecule has 2 N–H and O–H groups in total. The Labute approximate surface area is 186 Å². The summed E-state index contributed by atoms with van der Waals surface area (Å²) in [7, 11) is 0. The third-order valence-electron chi connectivity index (χ3n) is 7.36. The van der Waals surface area contributed by atoms with Gasteiger partial charge in [0.25, 0.3) is 0 Å². The molecule has 1 fully saturated rings. The summed E-state index contributed by atoms with van der Waals surface area (Å²) < 4.78 is 0.938. The Kier molecular flexibility index (Phi) is 4.55. The lowest BCUT2D eigenvalue weighted by molar-refractivity contribution is -0.180. The summed E-state index contributed by atoms with van der Waals surface area (Å²) in [6, 6.07) is 19.8. The fourth-order valence-electron chi connectivity index (χ4n) is 5.86. The molecule has 0 amide bonds. The topological polar surface area (TPSA) is 40.5 Å². The number of benzene rings is 2. The Bertz CT molecular complexity index is 1080. The normalized spacial score (nSPS) is 37.1. The minimum absolute atomic E-state index is 0.275. The van der Waals surface area contributed by atoms with Crippen molar-refractivity contribution in [2.45, 2.75) is 24.5 Å². The first-order valence-corrected chi connectivity index (χ1v) is 11.2. The molecule has 2 aromatic rings. The predicted octanol–water partition coefficient (Wildman–Crippen LogP) is 5.75. The first-order valence-electron chi connectivity index (χ1n) is 10.4. The van der Waals surface area contributed by atoms with Crippen LogP contribution in [-0.2, 0) is 11.2 Å². The van der Waals surface area contributed by atoms with Gasteiger partial charge in [-0.3, -0.25) is 0 Å². The second kappa shape index (κ2) is 6.91. The zero-order valence-corrected chi connectivity index (χ0v) is 18.5. The summed E-state index contributed by atoms with van der Waals surface area (Å²) in [5, 5.41) is 25.1. The van der Waals surface area contributed by atoms with Crippen LogP contribution in [0.25, 0.3) is 0 Å². The van der Waals surface area contributed by atoms with Crippen molar-refractivity contribution >= 4 is 15.9 Å². The highest BCUT2D eigenvalue weighted by Crippen LogP contribution is 2.67. The molecule has 1 saturated carbocycles. The Morgan fingerprint density at radius 2 is 1.40 bits per heavy atom. The Morgan fingerprint density at radius 3 is 2.03 bits per heavy atom. The molecular weight excluding hydrogens is 436 g/mol. The van der Waals surface area contributed by atoms with Crippen molar-refractivity contribution < 1.29 is 10.2 Å². The van der Waals surface area contributed by atoms with Crippen molar-refractivity contribution in [2.24, 2.45) is 17.3 Å². The summed E-state index contributed by atoms with van der Waals surface area (Å²) >= 11 is 3.64. The van der Waals surface area contributed by atoms with E-state index in [2.05, 4.69) is 41.1 Å². The molecule has 2 aromatic carbocycles.